The summed E-state index contributed by atoms with van der Waals surface area (Å²) in [5, 5.41) is 8.93. The van der Waals surface area contributed by atoms with Crippen LogP contribution in [-0.4, -0.2) is 11.1 Å². The lowest BCUT2D eigenvalue weighted by Crippen LogP contribution is -2.17. The van der Waals surface area contributed by atoms with Gasteiger partial charge in [-0.1, -0.05) is 45.6 Å². The second kappa shape index (κ2) is 5.53. The molecule has 0 saturated carbocycles. The first-order valence-corrected chi connectivity index (χ1v) is 8.19. The highest BCUT2D eigenvalue weighted by Crippen LogP contribution is 2.49. The number of hydrogen-bond acceptors (Lipinski definition) is 1. The minimum absolute atomic E-state index is 0.166. The fourth-order valence-electron chi connectivity index (χ4n) is 3.91. The van der Waals surface area contributed by atoms with E-state index in [1.165, 1.54) is 11.1 Å². The van der Waals surface area contributed by atoms with Crippen LogP contribution in [0.4, 0.5) is 0 Å². The van der Waals surface area contributed by atoms with Crippen molar-refractivity contribution >= 4 is 5.97 Å². The monoisotopic (exact) mass is 318 g/mol. The number of carboxylic acid groups (broad SMARTS) is 1. The van der Waals surface area contributed by atoms with Crippen LogP contribution in [0.5, 0.6) is 0 Å². The Labute approximate surface area is 143 Å². The molecule has 0 unspecified atom stereocenters. The van der Waals surface area contributed by atoms with E-state index in [1.807, 2.05) is 0 Å². The molecular weight excluding hydrogens is 296 g/mol. The molecule has 0 fully saturated rings. The Hall–Kier alpha value is -2.53. The zero-order chi connectivity index (χ0) is 17.5. The lowest BCUT2D eigenvalue weighted by atomic mass is 9.82. The Morgan fingerprint density at radius 2 is 1.42 bits per heavy atom. The molecule has 0 amide bonds. The molecule has 1 N–H and O–H groups in total. The van der Waals surface area contributed by atoms with Crippen molar-refractivity contribution in [1.82, 2.24) is 0 Å². The molecule has 2 heteroatoms. The van der Waals surface area contributed by atoms with E-state index >= 15 is 0 Å². The molecule has 1 aliphatic rings. The molecule has 2 aromatic rings. The topological polar surface area (TPSA) is 37.3 Å². The van der Waals surface area contributed by atoms with Crippen molar-refractivity contribution in [3.63, 3.8) is 0 Å². The van der Waals surface area contributed by atoms with Gasteiger partial charge in [0.05, 0.1) is 5.56 Å². The van der Waals surface area contributed by atoms with E-state index in [2.05, 4.69) is 57.7 Å². The predicted molar refractivity (Wildman–Crippen MR) is 96.5 cm³/mol. The number of fused-ring (bicyclic) bond motifs is 1. The summed E-state index contributed by atoms with van der Waals surface area (Å²) in [4.78, 5) is 10.9. The van der Waals surface area contributed by atoms with Gasteiger partial charge in [-0.2, -0.15) is 0 Å². The Balaban J connectivity index is 1.92. The van der Waals surface area contributed by atoms with Crippen molar-refractivity contribution in [2.24, 2.45) is 0 Å². The molecule has 122 valence electrons. The van der Waals surface area contributed by atoms with Crippen molar-refractivity contribution in [2.45, 2.75) is 44.9 Å². The number of benzene rings is 2. The predicted octanol–water partition coefficient (Wildman–Crippen LogP) is 4.74. The molecule has 0 atom stereocenters. The Kier molecular flexibility index (Phi) is 3.76. The molecule has 0 spiro atoms. The summed E-state index contributed by atoms with van der Waals surface area (Å²) in [6, 6.07) is 13.2. The van der Waals surface area contributed by atoms with Crippen molar-refractivity contribution < 1.29 is 9.90 Å². The van der Waals surface area contributed by atoms with Crippen molar-refractivity contribution in [1.29, 1.82) is 0 Å². The van der Waals surface area contributed by atoms with Gasteiger partial charge in [0, 0.05) is 11.1 Å². The van der Waals surface area contributed by atoms with Gasteiger partial charge in [0.15, 0.2) is 0 Å². The van der Waals surface area contributed by atoms with E-state index in [-0.39, 0.29) is 16.4 Å². The summed E-state index contributed by atoms with van der Waals surface area (Å²) in [5.74, 6) is 5.41. The Morgan fingerprint density at radius 1 is 0.875 bits per heavy atom. The highest BCUT2D eigenvalue weighted by atomic mass is 16.4. The third-order valence-electron chi connectivity index (χ3n) is 4.84. The van der Waals surface area contributed by atoms with Crippen LogP contribution in [-0.2, 0) is 10.8 Å². The molecule has 0 radical (unpaired) electrons. The van der Waals surface area contributed by atoms with Gasteiger partial charge < -0.3 is 5.11 Å². The van der Waals surface area contributed by atoms with E-state index in [0.29, 0.717) is 0 Å². The zero-order valence-corrected chi connectivity index (χ0v) is 14.6. The summed E-state index contributed by atoms with van der Waals surface area (Å²) in [5.41, 5.74) is 5.28. The minimum Gasteiger partial charge on any atom is -0.478 e. The highest BCUT2D eigenvalue weighted by molar-refractivity contribution is 5.87. The third-order valence-corrected chi connectivity index (χ3v) is 4.84. The first kappa shape index (κ1) is 16.3. The summed E-state index contributed by atoms with van der Waals surface area (Å²) < 4.78 is 0. The van der Waals surface area contributed by atoms with Crippen molar-refractivity contribution in [3.05, 3.63) is 70.3 Å². The summed E-state index contributed by atoms with van der Waals surface area (Å²) in [6.45, 7) is 9.19. The maximum atomic E-state index is 10.9. The van der Waals surface area contributed by atoms with Gasteiger partial charge in [0.25, 0.3) is 0 Å². The molecular formula is C22H22O2. The summed E-state index contributed by atoms with van der Waals surface area (Å²) in [7, 11) is 0. The molecule has 0 bridgehead atoms. The largest absolute Gasteiger partial charge is 0.478 e. The fraction of sp³-hybridized carbons (Fsp3) is 0.318. The highest BCUT2D eigenvalue weighted by Gasteiger charge is 2.41. The Morgan fingerprint density at radius 3 is 2.04 bits per heavy atom. The van der Waals surface area contributed by atoms with E-state index in [0.717, 1.165) is 17.5 Å². The second-order valence-corrected chi connectivity index (χ2v) is 7.84. The van der Waals surface area contributed by atoms with Gasteiger partial charge in [0.1, 0.15) is 0 Å². The first-order valence-electron chi connectivity index (χ1n) is 8.19. The molecule has 1 aliphatic carbocycles. The molecule has 0 saturated heterocycles. The molecule has 2 aromatic carbocycles. The smallest absolute Gasteiger partial charge is 0.335 e. The average Bonchev–Trinajstić information content (AvgIpc) is 2.70. The minimum atomic E-state index is -0.919. The number of rotatable bonds is 1. The molecule has 0 aromatic heterocycles. The van der Waals surface area contributed by atoms with Crippen molar-refractivity contribution in [2.75, 3.05) is 0 Å². The van der Waals surface area contributed by atoms with Gasteiger partial charge in [-0.15, -0.1) is 0 Å². The van der Waals surface area contributed by atoms with Crippen LogP contribution in [0.2, 0.25) is 0 Å². The standard InChI is InChI=1S/C22H22O2/c1-21(2)14-22(3,4)19-13-16(9-12-18(19)21)6-5-15-7-10-17(11-8-15)20(23)24/h7-13H,14H2,1-4H3,(H,23,24). The van der Waals surface area contributed by atoms with E-state index in [9.17, 15) is 4.79 Å². The maximum Gasteiger partial charge on any atom is 0.335 e. The van der Waals surface area contributed by atoms with Crippen LogP contribution in [0.1, 0.15) is 66.7 Å². The number of hydrogen-bond donors (Lipinski definition) is 1. The first-order chi connectivity index (χ1) is 11.2. The molecule has 2 nitrogen and oxygen atoms in total. The lowest BCUT2D eigenvalue weighted by molar-refractivity contribution is 0.0697. The quantitative estimate of drug-likeness (QED) is 0.771. The van der Waals surface area contributed by atoms with Gasteiger partial charge in [0.2, 0.25) is 0 Å². The SMILES string of the molecule is CC1(C)CC(C)(C)c2cc(C#Cc3ccc(C(=O)O)cc3)ccc21. The summed E-state index contributed by atoms with van der Waals surface area (Å²) in [6.07, 6.45) is 1.14. The number of aromatic carboxylic acids is 1. The molecule has 0 aliphatic heterocycles. The molecule has 0 heterocycles. The molecule has 3 rings (SSSR count). The Bertz CT molecular complexity index is 859. The summed E-state index contributed by atoms with van der Waals surface area (Å²) >= 11 is 0. The molecule has 24 heavy (non-hydrogen) atoms. The van der Waals surface area contributed by atoms with Gasteiger partial charge in [-0.3, -0.25) is 0 Å². The number of carboxylic acids is 1. The maximum absolute atomic E-state index is 10.9. The second-order valence-electron chi connectivity index (χ2n) is 7.84. The zero-order valence-electron chi connectivity index (χ0n) is 14.6. The van der Waals surface area contributed by atoms with Gasteiger partial charge in [-0.25, -0.2) is 4.79 Å². The van der Waals surface area contributed by atoms with Crippen LogP contribution in [0.25, 0.3) is 0 Å². The van der Waals surface area contributed by atoms with Gasteiger partial charge >= 0.3 is 5.97 Å². The van der Waals surface area contributed by atoms with Gasteiger partial charge in [-0.05, 0) is 64.8 Å². The average molecular weight is 318 g/mol. The lowest BCUT2D eigenvalue weighted by Gasteiger charge is -2.22. The van der Waals surface area contributed by atoms with E-state index in [1.54, 1.807) is 24.3 Å². The van der Waals surface area contributed by atoms with E-state index in [4.69, 9.17) is 5.11 Å². The van der Waals surface area contributed by atoms with Crippen LogP contribution in [0.3, 0.4) is 0 Å². The van der Waals surface area contributed by atoms with Crippen LogP contribution in [0.15, 0.2) is 42.5 Å². The normalized spacial score (nSPS) is 16.8. The van der Waals surface area contributed by atoms with Crippen LogP contribution < -0.4 is 0 Å². The van der Waals surface area contributed by atoms with E-state index < -0.39 is 5.97 Å². The third kappa shape index (κ3) is 2.95. The van der Waals surface area contributed by atoms with Crippen LogP contribution in [0, 0.1) is 11.8 Å². The van der Waals surface area contributed by atoms with Crippen molar-refractivity contribution in [3.8, 4) is 11.8 Å². The number of carbonyl (C=O) groups is 1. The fourth-order valence-corrected chi connectivity index (χ4v) is 3.91. The van der Waals surface area contributed by atoms with Crippen LogP contribution >= 0.6 is 0 Å².